The van der Waals surface area contributed by atoms with Gasteiger partial charge >= 0.3 is 6.36 Å². The van der Waals surface area contributed by atoms with Crippen molar-refractivity contribution in [3.8, 4) is 11.6 Å². The SMILES string of the molecule is COc1c(CN=C(N)Nc2ccc(OC(F)(F)F)cc2)c(C)nn1C. The number of nitrogens with one attached hydrogen (secondary N) is 1. The molecule has 0 atom stereocenters. The summed E-state index contributed by atoms with van der Waals surface area (Å²) >= 11 is 0. The van der Waals surface area contributed by atoms with Gasteiger partial charge in [0.2, 0.25) is 5.88 Å². The third-order valence-corrected chi connectivity index (χ3v) is 3.25. The number of aromatic nitrogens is 2. The van der Waals surface area contributed by atoms with Crippen LogP contribution in [0.15, 0.2) is 29.3 Å². The van der Waals surface area contributed by atoms with Crippen molar-refractivity contribution in [2.75, 3.05) is 12.4 Å². The first-order valence-corrected chi connectivity index (χ1v) is 7.19. The topological polar surface area (TPSA) is 86.7 Å². The number of ether oxygens (including phenoxy) is 2. The van der Waals surface area contributed by atoms with E-state index in [4.69, 9.17) is 10.5 Å². The molecule has 2 aromatic rings. The molecule has 2 rings (SSSR count). The Labute approximate surface area is 142 Å². The van der Waals surface area contributed by atoms with Gasteiger partial charge in [0.15, 0.2) is 5.96 Å². The second kappa shape index (κ2) is 7.32. The van der Waals surface area contributed by atoms with E-state index in [0.717, 1.165) is 11.3 Å². The Morgan fingerprint density at radius 2 is 1.96 bits per heavy atom. The summed E-state index contributed by atoms with van der Waals surface area (Å²) in [5, 5.41) is 7.03. The summed E-state index contributed by atoms with van der Waals surface area (Å²) in [4.78, 5) is 4.19. The van der Waals surface area contributed by atoms with Crippen molar-refractivity contribution < 1.29 is 22.6 Å². The maximum atomic E-state index is 12.1. The second-order valence-electron chi connectivity index (χ2n) is 5.10. The van der Waals surface area contributed by atoms with Gasteiger partial charge < -0.3 is 20.5 Å². The molecule has 10 heteroatoms. The lowest BCUT2D eigenvalue weighted by atomic mass is 10.2. The third kappa shape index (κ3) is 5.03. The molecule has 0 unspecified atom stereocenters. The molecule has 0 aliphatic heterocycles. The van der Waals surface area contributed by atoms with Gasteiger partial charge in [0.25, 0.3) is 0 Å². The fourth-order valence-electron chi connectivity index (χ4n) is 2.21. The van der Waals surface area contributed by atoms with E-state index >= 15 is 0 Å². The predicted octanol–water partition coefficient (Wildman–Crippen LogP) is 2.56. The number of aliphatic imine (C=N–C) groups is 1. The monoisotopic (exact) mass is 357 g/mol. The number of rotatable bonds is 5. The summed E-state index contributed by atoms with van der Waals surface area (Å²) in [6.45, 7) is 2.08. The van der Waals surface area contributed by atoms with Gasteiger partial charge in [-0.2, -0.15) is 5.10 Å². The molecule has 0 radical (unpaired) electrons. The molecule has 0 fully saturated rings. The lowest BCUT2D eigenvalue weighted by Gasteiger charge is -2.10. The molecule has 0 amide bonds. The standard InChI is InChI=1S/C15H18F3N5O2/c1-9-12(13(24-3)23(2)22-9)8-20-14(19)21-10-4-6-11(7-5-10)25-15(16,17)18/h4-7H,8H2,1-3H3,(H3,19,20,21). The van der Waals surface area contributed by atoms with Gasteiger partial charge in [-0.3, -0.25) is 0 Å². The predicted molar refractivity (Wildman–Crippen MR) is 86.6 cm³/mol. The van der Waals surface area contributed by atoms with Gasteiger partial charge in [0.05, 0.1) is 24.9 Å². The Balaban J connectivity index is 2.02. The van der Waals surface area contributed by atoms with Crippen molar-refractivity contribution in [1.82, 2.24) is 9.78 Å². The average molecular weight is 357 g/mol. The van der Waals surface area contributed by atoms with Crippen LogP contribution in [0.5, 0.6) is 11.6 Å². The fraction of sp³-hybridized carbons (Fsp3) is 0.333. The molecule has 136 valence electrons. The van der Waals surface area contributed by atoms with E-state index in [1.165, 1.54) is 31.4 Å². The summed E-state index contributed by atoms with van der Waals surface area (Å²) < 4.78 is 47.0. The molecular formula is C15H18F3N5O2. The largest absolute Gasteiger partial charge is 0.573 e. The molecule has 0 aliphatic rings. The molecule has 0 saturated heterocycles. The third-order valence-electron chi connectivity index (χ3n) is 3.25. The van der Waals surface area contributed by atoms with E-state index in [2.05, 4.69) is 20.1 Å². The molecule has 1 aromatic carbocycles. The minimum atomic E-state index is -4.73. The summed E-state index contributed by atoms with van der Waals surface area (Å²) in [5.74, 6) is 0.377. The van der Waals surface area contributed by atoms with Gasteiger partial charge in [-0.05, 0) is 31.2 Å². The molecule has 3 N–H and O–H groups in total. The van der Waals surface area contributed by atoms with Crippen LogP contribution in [0.2, 0.25) is 0 Å². The van der Waals surface area contributed by atoms with Crippen molar-refractivity contribution in [2.45, 2.75) is 19.8 Å². The van der Waals surface area contributed by atoms with Gasteiger partial charge in [0, 0.05) is 12.7 Å². The molecule has 1 heterocycles. The van der Waals surface area contributed by atoms with Crippen molar-refractivity contribution >= 4 is 11.6 Å². The first kappa shape index (κ1) is 18.4. The van der Waals surface area contributed by atoms with E-state index in [9.17, 15) is 13.2 Å². The van der Waals surface area contributed by atoms with E-state index in [-0.39, 0.29) is 18.3 Å². The summed E-state index contributed by atoms with van der Waals surface area (Å²) in [6, 6.07) is 5.16. The number of halogens is 3. The van der Waals surface area contributed by atoms with Crippen molar-refractivity contribution in [2.24, 2.45) is 17.8 Å². The number of aryl methyl sites for hydroxylation is 2. The highest BCUT2D eigenvalue weighted by Gasteiger charge is 2.30. The van der Waals surface area contributed by atoms with Gasteiger partial charge in [-0.1, -0.05) is 0 Å². The Hall–Kier alpha value is -2.91. The van der Waals surface area contributed by atoms with E-state index in [0.29, 0.717) is 11.6 Å². The lowest BCUT2D eigenvalue weighted by molar-refractivity contribution is -0.274. The number of guanidine groups is 1. The molecule has 1 aromatic heterocycles. The van der Waals surface area contributed by atoms with Crippen molar-refractivity contribution in [3.63, 3.8) is 0 Å². The van der Waals surface area contributed by atoms with Crippen LogP contribution in [0.25, 0.3) is 0 Å². The van der Waals surface area contributed by atoms with Crippen LogP contribution in [-0.2, 0) is 13.6 Å². The maximum absolute atomic E-state index is 12.1. The van der Waals surface area contributed by atoms with Crippen LogP contribution < -0.4 is 20.5 Å². The zero-order valence-corrected chi connectivity index (χ0v) is 13.9. The normalized spacial score (nSPS) is 12.2. The van der Waals surface area contributed by atoms with E-state index in [1.807, 2.05) is 6.92 Å². The number of hydrogen-bond acceptors (Lipinski definition) is 4. The Morgan fingerprint density at radius 1 is 1.32 bits per heavy atom. The summed E-state index contributed by atoms with van der Waals surface area (Å²) in [5.41, 5.74) is 7.84. The van der Waals surface area contributed by atoms with E-state index in [1.54, 1.807) is 11.7 Å². The van der Waals surface area contributed by atoms with Crippen LogP contribution in [0.3, 0.4) is 0 Å². The smallest absolute Gasteiger partial charge is 0.481 e. The van der Waals surface area contributed by atoms with Crippen LogP contribution in [-0.4, -0.2) is 29.2 Å². The highest BCUT2D eigenvalue weighted by molar-refractivity contribution is 5.92. The lowest BCUT2D eigenvalue weighted by Crippen LogP contribution is -2.22. The first-order chi connectivity index (χ1) is 11.7. The molecule has 7 nitrogen and oxygen atoms in total. The van der Waals surface area contributed by atoms with Gasteiger partial charge in [0.1, 0.15) is 5.75 Å². The fourth-order valence-corrected chi connectivity index (χ4v) is 2.21. The minimum Gasteiger partial charge on any atom is -0.481 e. The summed E-state index contributed by atoms with van der Waals surface area (Å²) in [7, 11) is 3.29. The highest BCUT2D eigenvalue weighted by Crippen LogP contribution is 2.24. The first-order valence-electron chi connectivity index (χ1n) is 7.19. The number of methoxy groups -OCH3 is 1. The number of benzene rings is 1. The van der Waals surface area contributed by atoms with Crippen LogP contribution in [0.1, 0.15) is 11.3 Å². The Morgan fingerprint density at radius 3 is 2.52 bits per heavy atom. The van der Waals surface area contributed by atoms with Crippen LogP contribution in [0, 0.1) is 6.92 Å². The van der Waals surface area contributed by atoms with Gasteiger partial charge in [-0.15, -0.1) is 13.2 Å². The number of anilines is 1. The molecular weight excluding hydrogens is 339 g/mol. The van der Waals surface area contributed by atoms with Crippen LogP contribution >= 0.6 is 0 Å². The van der Waals surface area contributed by atoms with Crippen molar-refractivity contribution in [1.29, 1.82) is 0 Å². The second-order valence-corrected chi connectivity index (χ2v) is 5.10. The zero-order chi connectivity index (χ0) is 18.6. The Kier molecular flexibility index (Phi) is 5.40. The minimum absolute atomic E-state index is 0.106. The number of nitrogens with two attached hydrogens (primary N) is 1. The van der Waals surface area contributed by atoms with Crippen LogP contribution in [0.4, 0.5) is 18.9 Å². The zero-order valence-electron chi connectivity index (χ0n) is 13.9. The summed E-state index contributed by atoms with van der Waals surface area (Å²) in [6.07, 6.45) is -4.73. The molecule has 0 saturated carbocycles. The Bertz CT molecular complexity index is 754. The molecule has 0 bridgehead atoms. The number of hydrogen-bond donors (Lipinski definition) is 2. The highest BCUT2D eigenvalue weighted by atomic mass is 19.4. The maximum Gasteiger partial charge on any atom is 0.573 e. The van der Waals surface area contributed by atoms with E-state index < -0.39 is 6.36 Å². The number of nitrogens with zero attached hydrogens (tertiary/aromatic N) is 3. The molecule has 0 spiro atoms. The average Bonchev–Trinajstić information content (AvgIpc) is 2.78. The van der Waals surface area contributed by atoms with Crippen molar-refractivity contribution in [3.05, 3.63) is 35.5 Å². The quantitative estimate of drug-likeness (QED) is 0.634. The number of alkyl halides is 3. The molecule has 0 aliphatic carbocycles. The molecule has 25 heavy (non-hydrogen) atoms. The van der Waals surface area contributed by atoms with Gasteiger partial charge in [-0.25, -0.2) is 9.67 Å².